The maximum Gasteiger partial charge on any atom is 0.239 e. The quantitative estimate of drug-likeness (QED) is 0.782. The Kier molecular flexibility index (Phi) is 5.45. The molecule has 1 rings (SSSR count). The molecule has 5 heteroatoms. The Morgan fingerprint density at radius 3 is 2.72 bits per heavy atom. The lowest BCUT2D eigenvalue weighted by molar-refractivity contribution is -0.119. The molecule has 0 aliphatic rings. The summed E-state index contributed by atoms with van der Waals surface area (Å²) in [6.07, 6.45) is 0. The van der Waals surface area contributed by atoms with Crippen molar-refractivity contribution in [3.8, 4) is 5.75 Å². The Labute approximate surface area is 108 Å². The molecule has 5 nitrogen and oxygen atoms in total. The summed E-state index contributed by atoms with van der Waals surface area (Å²) in [7, 11) is 3.25. The molecule has 0 aromatic heterocycles. The second kappa shape index (κ2) is 6.86. The summed E-state index contributed by atoms with van der Waals surface area (Å²) in [6.45, 7) is 3.48. The first-order chi connectivity index (χ1) is 8.65. The third kappa shape index (κ3) is 3.37. The summed E-state index contributed by atoms with van der Waals surface area (Å²) in [5.74, 6) is 0.736. The minimum absolute atomic E-state index is 0.0253. The Balaban J connectivity index is 3.05. The van der Waals surface area contributed by atoms with Gasteiger partial charge < -0.3 is 20.7 Å². The van der Waals surface area contributed by atoms with E-state index in [4.69, 9.17) is 10.5 Å². The summed E-state index contributed by atoms with van der Waals surface area (Å²) < 4.78 is 5.21. The lowest BCUT2D eigenvalue weighted by atomic mass is 10.1. The van der Waals surface area contributed by atoms with Gasteiger partial charge in [-0.15, -0.1) is 0 Å². The zero-order valence-corrected chi connectivity index (χ0v) is 11.2. The van der Waals surface area contributed by atoms with Crippen LogP contribution in [0.15, 0.2) is 18.2 Å². The standard InChI is InChI=1S/C13H21N3O2/c1-4-16(9-13(17)15-2)12-7-11(18-3)6-5-10(12)8-14/h5-7H,4,8-9,14H2,1-3H3,(H,15,17). The first-order valence-corrected chi connectivity index (χ1v) is 5.98. The molecule has 1 amide bonds. The Bertz CT molecular complexity index is 407. The molecule has 0 saturated carbocycles. The Morgan fingerprint density at radius 1 is 1.50 bits per heavy atom. The number of anilines is 1. The smallest absolute Gasteiger partial charge is 0.239 e. The van der Waals surface area contributed by atoms with Gasteiger partial charge >= 0.3 is 0 Å². The lowest BCUT2D eigenvalue weighted by Gasteiger charge is -2.25. The fraction of sp³-hybridized carbons (Fsp3) is 0.462. The van der Waals surface area contributed by atoms with Gasteiger partial charge in [-0.2, -0.15) is 0 Å². The van der Waals surface area contributed by atoms with Crippen molar-refractivity contribution in [2.45, 2.75) is 13.5 Å². The molecule has 0 aliphatic carbocycles. The van der Waals surface area contributed by atoms with Gasteiger partial charge in [0.2, 0.25) is 5.91 Å². The van der Waals surface area contributed by atoms with Gasteiger partial charge in [0, 0.05) is 31.9 Å². The van der Waals surface area contributed by atoms with E-state index in [0.717, 1.165) is 23.5 Å². The molecule has 0 aliphatic heterocycles. The minimum Gasteiger partial charge on any atom is -0.497 e. The molecule has 0 heterocycles. The maximum atomic E-state index is 11.5. The third-order valence-corrected chi connectivity index (χ3v) is 2.85. The van der Waals surface area contributed by atoms with E-state index in [1.165, 1.54) is 0 Å². The van der Waals surface area contributed by atoms with E-state index in [1.807, 2.05) is 30.0 Å². The molecule has 0 fully saturated rings. The number of hydrogen-bond acceptors (Lipinski definition) is 4. The molecule has 18 heavy (non-hydrogen) atoms. The van der Waals surface area contributed by atoms with E-state index in [-0.39, 0.29) is 5.91 Å². The fourth-order valence-electron chi connectivity index (χ4n) is 1.76. The summed E-state index contributed by atoms with van der Waals surface area (Å²) in [4.78, 5) is 13.5. The largest absolute Gasteiger partial charge is 0.497 e. The molecule has 3 N–H and O–H groups in total. The predicted octanol–water partition coefficient (Wildman–Crippen LogP) is 0.726. The van der Waals surface area contributed by atoms with Gasteiger partial charge in [0.15, 0.2) is 0 Å². The van der Waals surface area contributed by atoms with Crippen molar-refractivity contribution in [3.63, 3.8) is 0 Å². The van der Waals surface area contributed by atoms with Crippen LogP contribution in [0.1, 0.15) is 12.5 Å². The van der Waals surface area contributed by atoms with Gasteiger partial charge in [0.25, 0.3) is 0 Å². The second-order valence-corrected chi connectivity index (χ2v) is 3.89. The van der Waals surface area contributed by atoms with Gasteiger partial charge in [-0.05, 0) is 18.6 Å². The van der Waals surface area contributed by atoms with Crippen molar-refractivity contribution in [2.75, 3.05) is 32.1 Å². The molecule has 0 atom stereocenters. The molecule has 1 aromatic rings. The number of likely N-dealkylation sites (N-methyl/N-ethyl adjacent to an activating group) is 2. The van der Waals surface area contributed by atoms with Crippen LogP contribution in [-0.4, -0.2) is 33.2 Å². The SMILES string of the molecule is CCN(CC(=O)NC)c1cc(OC)ccc1CN. The van der Waals surface area contributed by atoms with Gasteiger partial charge in [-0.1, -0.05) is 6.07 Å². The molecule has 0 saturated heterocycles. The van der Waals surface area contributed by atoms with Crippen LogP contribution in [0.25, 0.3) is 0 Å². The van der Waals surface area contributed by atoms with Crippen LogP contribution in [0.3, 0.4) is 0 Å². The number of nitrogens with zero attached hydrogens (tertiary/aromatic N) is 1. The third-order valence-electron chi connectivity index (χ3n) is 2.85. The number of amides is 1. The van der Waals surface area contributed by atoms with E-state index in [0.29, 0.717) is 13.1 Å². The summed E-state index contributed by atoms with van der Waals surface area (Å²) >= 11 is 0. The number of carbonyl (C=O) groups excluding carboxylic acids is 1. The highest BCUT2D eigenvalue weighted by molar-refractivity contribution is 5.81. The Morgan fingerprint density at radius 2 is 2.22 bits per heavy atom. The highest BCUT2D eigenvalue weighted by atomic mass is 16.5. The van der Waals surface area contributed by atoms with E-state index in [9.17, 15) is 4.79 Å². The van der Waals surface area contributed by atoms with Crippen molar-refractivity contribution >= 4 is 11.6 Å². The summed E-state index contributed by atoms with van der Waals surface area (Å²) in [6, 6.07) is 5.72. The van der Waals surface area contributed by atoms with E-state index < -0.39 is 0 Å². The predicted molar refractivity (Wildman–Crippen MR) is 72.8 cm³/mol. The van der Waals surface area contributed by atoms with Crippen molar-refractivity contribution < 1.29 is 9.53 Å². The van der Waals surface area contributed by atoms with Crippen molar-refractivity contribution in [1.82, 2.24) is 5.32 Å². The van der Waals surface area contributed by atoms with Crippen LogP contribution in [0.5, 0.6) is 5.75 Å². The molecular weight excluding hydrogens is 230 g/mol. The topological polar surface area (TPSA) is 67.6 Å². The zero-order chi connectivity index (χ0) is 13.5. The van der Waals surface area contributed by atoms with Crippen LogP contribution in [0.2, 0.25) is 0 Å². The molecule has 0 spiro atoms. The number of carbonyl (C=O) groups is 1. The minimum atomic E-state index is -0.0253. The van der Waals surface area contributed by atoms with Crippen LogP contribution in [-0.2, 0) is 11.3 Å². The normalized spacial score (nSPS) is 10.0. The number of benzene rings is 1. The van der Waals surface area contributed by atoms with Gasteiger partial charge in [0.1, 0.15) is 5.75 Å². The van der Waals surface area contributed by atoms with Gasteiger partial charge in [0.05, 0.1) is 13.7 Å². The number of ether oxygens (including phenoxy) is 1. The van der Waals surface area contributed by atoms with E-state index >= 15 is 0 Å². The first-order valence-electron chi connectivity index (χ1n) is 5.98. The van der Waals surface area contributed by atoms with Crippen molar-refractivity contribution in [2.24, 2.45) is 5.73 Å². The first kappa shape index (κ1) is 14.3. The summed E-state index contributed by atoms with van der Waals surface area (Å²) in [5.41, 5.74) is 7.68. The summed E-state index contributed by atoms with van der Waals surface area (Å²) in [5, 5.41) is 2.62. The number of nitrogens with one attached hydrogen (secondary N) is 1. The van der Waals surface area contributed by atoms with Gasteiger partial charge in [-0.3, -0.25) is 4.79 Å². The monoisotopic (exact) mass is 251 g/mol. The molecule has 0 unspecified atom stereocenters. The van der Waals surface area contributed by atoms with Crippen LogP contribution in [0, 0.1) is 0 Å². The number of hydrogen-bond donors (Lipinski definition) is 2. The van der Waals surface area contributed by atoms with Gasteiger partial charge in [-0.25, -0.2) is 0 Å². The fourth-order valence-corrected chi connectivity index (χ4v) is 1.76. The molecule has 0 bridgehead atoms. The molecule has 100 valence electrons. The number of methoxy groups -OCH3 is 1. The zero-order valence-electron chi connectivity index (χ0n) is 11.2. The second-order valence-electron chi connectivity index (χ2n) is 3.89. The van der Waals surface area contributed by atoms with E-state index in [1.54, 1.807) is 14.2 Å². The van der Waals surface area contributed by atoms with Crippen LogP contribution >= 0.6 is 0 Å². The van der Waals surface area contributed by atoms with E-state index in [2.05, 4.69) is 5.32 Å². The number of rotatable bonds is 6. The maximum absolute atomic E-state index is 11.5. The average molecular weight is 251 g/mol. The van der Waals surface area contributed by atoms with Crippen LogP contribution < -0.4 is 20.7 Å². The Hall–Kier alpha value is -1.75. The highest BCUT2D eigenvalue weighted by Crippen LogP contribution is 2.25. The molecular formula is C13H21N3O2. The molecule has 1 aromatic carbocycles. The van der Waals surface area contributed by atoms with Crippen LogP contribution in [0.4, 0.5) is 5.69 Å². The van der Waals surface area contributed by atoms with Crippen molar-refractivity contribution in [3.05, 3.63) is 23.8 Å². The average Bonchev–Trinajstić information content (AvgIpc) is 2.43. The molecule has 0 radical (unpaired) electrons. The van der Waals surface area contributed by atoms with Crippen molar-refractivity contribution in [1.29, 1.82) is 0 Å². The number of nitrogens with two attached hydrogens (primary N) is 1. The highest BCUT2D eigenvalue weighted by Gasteiger charge is 2.13. The lowest BCUT2D eigenvalue weighted by Crippen LogP contribution is -2.36.